The summed E-state index contributed by atoms with van der Waals surface area (Å²) in [6.45, 7) is 7.73. The second-order valence-corrected chi connectivity index (χ2v) is 17.5. The summed E-state index contributed by atoms with van der Waals surface area (Å²) in [7, 11) is 0. The first kappa shape index (κ1) is 33.6. The number of hydrogen-bond donors (Lipinski definition) is 1. The van der Waals surface area contributed by atoms with Gasteiger partial charge in [-0.15, -0.1) is 0 Å². The van der Waals surface area contributed by atoms with Gasteiger partial charge in [0.15, 0.2) is 0 Å². The van der Waals surface area contributed by atoms with E-state index in [-0.39, 0.29) is 5.56 Å². The maximum absolute atomic E-state index is 11.8. The molecule has 0 radical (unpaired) electrons. The molecule has 8 nitrogen and oxygen atoms in total. The molecule has 0 bridgehead atoms. The Bertz CT molecular complexity index is 1580. The lowest BCUT2D eigenvalue weighted by Crippen LogP contribution is -2.41. The predicted octanol–water partition coefficient (Wildman–Crippen LogP) is 7.60. The van der Waals surface area contributed by atoms with Crippen LogP contribution < -0.4 is 5.56 Å². The van der Waals surface area contributed by atoms with Crippen LogP contribution in [0.3, 0.4) is 0 Å². The van der Waals surface area contributed by atoms with Gasteiger partial charge >= 0.3 is 5.20 Å². The van der Waals surface area contributed by atoms with Crippen molar-refractivity contribution < 1.29 is 4.57 Å². The number of aromatic amines is 1. The Kier molecular flexibility index (Phi) is 12.2. The van der Waals surface area contributed by atoms with Crippen LogP contribution in [-0.2, 0) is 43.6 Å². The van der Waals surface area contributed by atoms with Crippen molar-refractivity contribution in [1.82, 2.24) is 29.7 Å². The average molecular weight is 682 g/mol. The first-order valence-electron chi connectivity index (χ1n) is 13.8. The molecule has 228 valence electrons. The number of nitrogens with zero attached hydrogens (tertiary/aromatic N) is 5. The molecule has 1 N–H and O–H groups in total. The van der Waals surface area contributed by atoms with Gasteiger partial charge in [-0.25, -0.2) is 15.0 Å². The van der Waals surface area contributed by atoms with E-state index < -0.39 is 5.20 Å². The minimum Gasteiger partial charge on any atom is -0.313 e. The van der Waals surface area contributed by atoms with E-state index in [2.05, 4.69) is 114 Å². The molecule has 2 aromatic carbocycles. The van der Waals surface area contributed by atoms with E-state index in [1.54, 1.807) is 6.33 Å². The second kappa shape index (κ2) is 15.6. The zero-order valence-electron chi connectivity index (χ0n) is 23.8. The van der Waals surface area contributed by atoms with Gasteiger partial charge in [0.05, 0.1) is 23.3 Å². The Morgan fingerprint density at radius 3 is 1.77 bits per heavy atom. The number of aromatic nitrogens is 4. The van der Waals surface area contributed by atoms with Crippen LogP contribution in [0.15, 0.2) is 78.1 Å². The zero-order valence-corrected chi connectivity index (χ0v) is 27.8. The third kappa shape index (κ3) is 10.4. The highest BCUT2D eigenvalue weighted by molar-refractivity contribution is 8.24. The summed E-state index contributed by atoms with van der Waals surface area (Å²) in [5.74, 6) is 0. The molecule has 4 heterocycles. The minimum absolute atomic E-state index is 0.00467. The molecule has 2 aliphatic heterocycles. The van der Waals surface area contributed by atoms with Gasteiger partial charge < -0.3 is 4.98 Å². The standard InChI is InChI=1S/C15H16ClN3.C15H17N3O.Cl3OP/c1-11-7-14-13(15(16)18-10-17-14)9-19(11)8-12-5-3-2-4-6-12;1-11-7-14-13(15(19)17-10-16-14)9-18(11)8-12-5-3-2-4-6-12;1-5(2,3)4/h2-6,10-11H,7-9H2,1H3;2-6,10-11H,7-9H2,1H3,(H,16,17,19);/t2*11-;/m11./s1. The molecule has 2 aromatic heterocycles. The molecule has 0 spiro atoms. The van der Waals surface area contributed by atoms with Crippen molar-refractivity contribution in [2.24, 2.45) is 0 Å². The lowest BCUT2D eigenvalue weighted by molar-refractivity contribution is 0.172. The molecule has 4 aromatic rings. The molecule has 0 amide bonds. The van der Waals surface area contributed by atoms with Gasteiger partial charge in [0, 0.05) is 56.7 Å². The fourth-order valence-corrected chi connectivity index (χ4v) is 5.37. The number of hydrogen-bond acceptors (Lipinski definition) is 7. The van der Waals surface area contributed by atoms with Crippen LogP contribution >= 0.6 is 50.5 Å². The van der Waals surface area contributed by atoms with Crippen molar-refractivity contribution in [3.63, 3.8) is 0 Å². The summed E-state index contributed by atoms with van der Waals surface area (Å²) >= 11 is 20.0. The van der Waals surface area contributed by atoms with Crippen LogP contribution in [0.25, 0.3) is 0 Å². The molecule has 0 saturated heterocycles. The molecule has 0 fully saturated rings. The van der Waals surface area contributed by atoms with Crippen LogP contribution in [0.2, 0.25) is 5.15 Å². The maximum Gasteiger partial charge on any atom is 0.339 e. The highest BCUT2D eigenvalue weighted by Crippen LogP contribution is 2.61. The van der Waals surface area contributed by atoms with Crippen molar-refractivity contribution >= 4 is 50.5 Å². The predicted molar refractivity (Wildman–Crippen MR) is 175 cm³/mol. The van der Waals surface area contributed by atoms with Crippen molar-refractivity contribution in [1.29, 1.82) is 0 Å². The van der Waals surface area contributed by atoms with Crippen LogP contribution in [0.5, 0.6) is 0 Å². The van der Waals surface area contributed by atoms with Crippen molar-refractivity contribution in [2.75, 3.05) is 0 Å². The van der Waals surface area contributed by atoms with E-state index in [0.717, 1.165) is 55.0 Å². The van der Waals surface area contributed by atoms with Crippen LogP contribution in [-0.4, -0.2) is 41.8 Å². The average Bonchev–Trinajstić information content (AvgIpc) is 2.95. The highest BCUT2D eigenvalue weighted by atomic mass is 36.0. The molecule has 6 rings (SSSR count). The Morgan fingerprint density at radius 2 is 1.26 bits per heavy atom. The second-order valence-electron chi connectivity index (χ2n) is 10.5. The third-order valence-electron chi connectivity index (χ3n) is 7.42. The Hall–Kier alpha value is -2.29. The number of nitrogens with one attached hydrogen (secondary N) is 1. The molecular formula is C30H33Cl4N6O2P. The Labute approximate surface area is 271 Å². The van der Waals surface area contributed by atoms with Crippen molar-refractivity contribution in [2.45, 2.75) is 65.0 Å². The van der Waals surface area contributed by atoms with Crippen LogP contribution in [0.1, 0.15) is 47.5 Å². The monoisotopic (exact) mass is 680 g/mol. The summed E-state index contributed by atoms with van der Waals surface area (Å²) in [5.41, 5.74) is 6.53. The van der Waals surface area contributed by atoms with E-state index in [9.17, 15) is 9.36 Å². The number of fused-ring (bicyclic) bond motifs is 2. The number of H-pyrrole nitrogens is 1. The molecular weight excluding hydrogens is 649 g/mol. The van der Waals surface area contributed by atoms with Gasteiger partial charge in [0.25, 0.3) is 5.56 Å². The maximum atomic E-state index is 11.8. The molecule has 0 saturated carbocycles. The number of rotatable bonds is 4. The van der Waals surface area contributed by atoms with Crippen molar-refractivity contribution in [3.8, 4) is 0 Å². The summed E-state index contributed by atoms with van der Waals surface area (Å²) in [5, 5.41) is -2.63. The SMILES string of the molecule is C[C@@H]1Cc2nc[nH]c(=O)c2CN1Cc1ccccc1.C[C@@H]1Cc2ncnc(Cl)c2CN1Cc1ccccc1.O=P(Cl)(Cl)Cl. The molecule has 43 heavy (non-hydrogen) atoms. The fraction of sp³-hybridized carbons (Fsp3) is 0.333. The topological polar surface area (TPSA) is 95.1 Å². The van der Waals surface area contributed by atoms with Gasteiger partial charge in [-0.2, -0.15) is 0 Å². The normalized spacial score (nSPS) is 18.3. The lowest BCUT2D eigenvalue weighted by atomic mass is 10.00. The van der Waals surface area contributed by atoms with E-state index >= 15 is 0 Å². The van der Waals surface area contributed by atoms with E-state index in [4.69, 9.17) is 11.6 Å². The Balaban J connectivity index is 0.000000171. The zero-order chi connectivity index (χ0) is 31.0. The summed E-state index contributed by atoms with van der Waals surface area (Å²) in [6.07, 6.45) is 4.83. The first-order chi connectivity index (χ1) is 20.5. The quantitative estimate of drug-likeness (QED) is 0.175. The van der Waals surface area contributed by atoms with E-state index in [0.29, 0.717) is 23.8 Å². The third-order valence-corrected chi connectivity index (χ3v) is 7.75. The van der Waals surface area contributed by atoms with Crippen LogP contribution in [0.4, 0.5) is 0 Å². The fourth-order valence-electron chi connectivity index (χ4n) is 5.16. The van der Waals surface area contributed by atoms with Gasteiger partial charge in [-0.05, 0) is 58.7 Å². The van der Waals surface area contributed by atoms with Gasteiger partial charge in [0.1, 0.15) is 11.5 Å². The molecule has 2 atom stereocenters. The molecule has 0 unspecified atom stereocenters. The van der Waals surface area contributed by atoms with Gasteiger partial charge in [-0.3, -0.25) is 19.2 Å². The summed E-state index contributed by atoms with van der Waals surface area (Å²) < 4.78 is 9.51. The number of halogens is 4. The van der Waals surface area contributed by atoms with Gasteiger partial charge in [-0.1, -0.05) is 72.3 Å². The van der Waals surface area contributed by atoms with E-state index in [1.807, 2.05) is 24.3 Å². The minimum atomic E-state index is -3.22. The largest absolute Gasteiger partial charge is 0.339 e. The Morgan fingerprint density at radius 1 is 0.791 bits per heavy atom. The van der Waals surface area contributed by atoms with E-state index in [1.165, 1.54) is 17.5 Å². The summed E-state index contributed by atoms with van der Waals surface area (Å²) in [6, 6.07) is 21.7. The molecule has 2 aliphatic rings. The molecule has 0 aliphatic carbocycles. The first-order valence-corrected chi connectivity index (χ1v) is 18.6. The smallest absolute Gasteiger partial charge is 0.313 e. The highest BCUT2D eigenvalue weighted by Gasteiger charge is 2.27. The van der Waals surface area contributed by atoms with Crippen LogP contribution in [0, 0.1) is 0 Å². The summed E-state index contributed by atoms with van der Waals surface area (Å²) in [4.78, 5) is 32.0. The lowest BCUT2D eigenvalue weighted by Gasteiger charge is -2.34. The van der Waals surface area contributed by atoms with Gasteiger partial charge in [0.2, 0.25) is 0 Å². The molecule has 13 heteroatoms. The van der Waals surface area contributed by atoms with Crippen molar-refractivity contribution in [3.05, 3.63) is 122 Å². The number of benzene rings is 2.